The normalized spacial score (nSPS) is 9.44. The Morgan fingerprint density at radius 3 is 2.44 bits per heavy atom. The quantitative estimate of drug-likeness (QED) is 0.263. The fourth-order valence-electron chi connectivity index (χ4n) is 0.936. The first-order valence-electron chi connectivity index (χ1n) is 4.00. The van der Waals surface area contributed by atoms with Gasteiger partial charge in [-0.2, -0.15) is 0 Å². The lowest BCUT2D eigenvalue weighted by Crippen LogP contribution is -2.16. The molecule has 0 aliphatic carbocycles. The summed E-state index contributed by atoms with van der Waals surface area (Å²) >= 11 is 6.53. The number of azide groups is 1. The van der Waals surface area contributed by atoms with Crippen LogP contribution in [0.5, 0.6) is 0 Å². The Hall–Kier alpha value is 0.190. The molecule has 0 spiro atoms. The van der Waals surface area contributed by atoms with Crippen molar-refractivity contribution in [3.63, 3.8) is 0 Å². The van der Waals surface area contributed by atoms with Crippen LogP contribution in [0.3, 0.4) is 0 Å². The molecule has 1 rings (SSSR count). The summed E-state index contributed by atoms with van der Waals surface area (Å²) in [5.74, 6) is -0.310. The Morgan fingerprint density at radius 2 is 1.94 bits per heavy atom. The number of anilines is 1. The van der Waals surface area contributed by atoms with Crippen molar-refractivity contribution >= 4 is 79.4 Å². The van der Waals surface area contributed by atoms with Crippen LogP contribution in [0.1, 0.15) is 0 Å². The van der Waals surface area contributed by atoms with Gasteiger partial charge in [0.25, 0.3) is 0 Å². The van der Waals surface area contributed by atoms with Gasteiger partial charge in [-0.25, -0.2) is 0 Å². The van der Waals surface area contributed by atoms with E-state index in [4.69, 9.17) is 5.53 Å². The molecule has 0 saturated carbocycles. The van der Waals surface area contributed by atoms with Crippen molar-refractivity contribution in [3.05, 3.63) is 33.3 Å². The molecule has 0 fully saturated rings. The largest absolute Gasteiger partial charge is 0.324 e. The van der Waals surface area contributed by atoms with Crippen LogP contribution in [0.15, 0.2) is 17.2 Å². The molecule has 0 unspecified atom stereocenters. The Labute approximate surface area is 133 Å². The van der Waals surface area contributed by atoms with Crippen LogP contribution in [-0.4, -0.2) is 12.5 Å². The molecule has 16 heavy (non-hydrogen) atoms. The highest BCUT2D eigenvalue weighted by molar-refractivity contribution is 14.1. The third-order valence-electron chi connectivity index (χ3n) is 1.55. The van der Waals surface area contributed by atoms with Crippen molar-refractivity contribution in [2.45, 2.75) is 0 Å². The third kappa shape index (κ3) is 4.22. The fourth-order valence-corrected chi connectivity index (χ4v) is 4.79. The molecular formula is C8H5I3N4O. The van der Waals surface area contributed by atoms with E-state index in [1.807, 2.05) is 12.1 Å². The zero-order chi connectivity index (χ0) is 12.1. The number of carbonyl (C=O) groups is 1. The van der Waals surface area contributed by atoms with E-state index in [0.717, 1.165) is 16.4 Å². The third-order valence-corrected chi connectivity index (χ3v) is 3.87. The fraction of sp³-hybridized carbons (Fsp3) is 0.125. The topological polar surface area (TPSA) is 77.9 Å². The minimum absolute atomic E-state index is 0.186. The van der Waals surface area contributed by atoms with E-state index in [9.17, 15) is 4.79 Å². The van der Waals surface area contributed by atoms with Crippen molar-refractivity contribution in [3.8, 4) is 0 Å². The van der Waals surface area contributed by atoms with E-state index >= 15 is 0 Å². The summed E-state index contributed by atoms with van der Waals surface area (Å²) in [6, 6.07) is 3.93. The maximum atomic E-state index is 11.4. The maximum Gasteiger partial charge on any atom is 0.230 e. The van der Waals surface area contributed by atoms with Crippen LogP contribution >= 0.6 is 67.8 Å². The van der Waals surface area contributed by atoms with Gasteiger partial charge in [-0.1, -0.05) is 5.11 Å². The van der Waals surface area contributed by atoms with E-state index in [-0.39, 0.29) is 12.5 Å². The van der Waals surface area contributed by atoms with E-state index in [1.165, 1.54) is 0 Å². The Morgan fingerprint density at radius 1 is 1.38 bits per heavy atom. The van der Waals surface area contributed by atoms with Gasteiger partial charge in [0.2, 0.25) is 5.91 Å². The molecule has 1 aromatic rings. The van der Waals surface area contributed by atoms with Gasteiger partial charge in [0, 0.05) is 15.6 Å². The van der Waals surface area contributed by atoms with Crippen molar-refractivity contribution in [1.29, 1.82) is 0 Å². The number of amides is 1. The second-order valence-electron chi connectivity index (χ2n) is 2.68. The Balaban J connectivity index is 2.89. The molecule has 0 heterocycles. The summed E-state index contributed by atoms with van der Waals surface area (Å²) < 4.78 is 3.03. The monoisotopic (exact) mass is 554 g/mol. The van der Waals surface area contributed by atoms with Gasteiger partial charge in [0.05, 0.1) is 5.69 Å². The molecular weight excluding hydrogens is 549 g/mol. The second kappa shape index (κ2) is 6.81. The highest BCUT2D eigenvalue weighted by Gasteiger charge is 2.09. The smallest absolute Gasteiger partial charge is 0.230 e. The molecule has 0 aliphatic heterocycles. The van der Waals surface area contributed by atoms with Crippen molar-refractivity contribution in [2.24, 2.45) is 5.11 Å². The molecule has 84 valence electrons. The van der Waals surface area contributed by atoms with Crippen molar-refractivity contribution in [1.82, 2.24) is 0 Å². The predicted octanol–water partition coefficient (Wildman–Crippen LogP) is 3.75. The minimum atomic E-state index is -0.310. The second-order valence-corrected chi connectivity index (χ2v) is 6.25. The lowest BCUT2D eigenvalue weighted by atomic mass is 10.3. The van der Waals surface area contributed by atoms with Crippen LogP contribution < -0.4 is 5.32 Å². The molecule has 1 aromatic carbocycles. The van der Waals surface area contributed by atoms with Crippen LogP contribution in [0, 0.1) is 10.7 Å². The van der Waals surface area contributed by atoms with Gasteiger partial charge in [-0.15, -0.1) is 0 Å². The zero-order valence-electron chi connectivity index (χ0n) is 7.75. The first-order valence-corrected chi connectivity index (χ1v) is 7.23. The van der Waals surface area contributed by atoms with Crippen LogP contribution in [-0.2, 0) is 4.79 Å². The highest BCUT2D eigenvalue weighted by atomic mass is 127. The van der Waals surface area contributed by atoms with Gasteiger partial charge in [0.15, 0.2) is 0 Å². The molecule has 0 atom stereocenters. The highest BCUT2D eigenvalue weighted by Crippen LogP contribution is 2.27. The Bertz CT molecular complexity index is 447. The summed E-state index contributed by atoms with van der Waals surface area (Å²) in [5.41, 5.74) is 8.86. The number of hydrogen-bond acceptors (Lipinski definition) is 2. The van der Waals surface area contributed by atoms with E-state index < -0.39 is 0 Å². The van der Waals surface area contributed by atoms with Crippen LogP contribution in [0.4, 0.5) is 5.69 Å². The molecule has 1 amide bonds. The summed E-state index contributed by atoms with van der Waals surface area (Å²) in [6.07, 6.45) is 0. The van der Waals surface area contributed by atoms with E-state index in [2.05, 4.69) is 83.1 Å². The van der Waals surface area contributed by atoms with Gasteiger partial charge in [-0.05, 0) is 85.4 Å². The number of benzene rings is 1. The van der Waals surface area contributed by atoms with E-state index in [0.29, 0.717) is 0 Å². The molecule has 8 heteroatoms. The number of carbonyl (C=O) groups excluding carboxylic acids is 1. The number of nitrogens with zero attached hydrogens (tertiary/aromatic N) is 3. The number of nitrogens with one attached hydrogen (secondary N) is 1. The molecule has 0 saturated heterocycles. The number of rotatable bonds is 3. The minimum Gasteiger partial charge on any atom is -0.324 e. The van der Waals surface area contributed by atoms with Crippen molar-refractivity contribution in [2.75, 3.05) is 11.9 Å². The summed E-state index contributed by atoms with van der Waals surface area (Å²) in [6.45, 7) is -0.186. The lowest BCUT2D eigenvalue weighted by Gasteiger charge is -2.09. The van der Waals surface area contributed by atoms with Crippen molar-refractivity contribution < 1.29 is 4.79 Å². The average molecular weight is 554 g/mol. The molecule has 0 bridgehead atoms. The summed E-state index contributed by atoms with van der Waals surface area (Å²) in [7, 11) is 0. The lowest BCUT2D eigenvalue weighted by molar-refractivity contribution is -0.114. The number of halogens is 3. The maximum absolute atomic E-state index is 11.4. The van der Waals surface area contributed by atoms with Gasteiger partial charge in [-0.3, -0.25) is 4.79 Å². The SMILES string of the molecule is [N-]=[N+]=NCC(=O)Nc1c(I)cc(I)cc1I. The average Bonchev–Trinajstić information content (AvgIpc) is 2.20. The molecule has 0 aromatic heterocycles. The van der Waals surface area contributed by atoms with Crippen LogP contribution in [0.25, 0.3) is 10.4 Å². The molecule has 1 N–H and O–H groups in total. The standard InChI is InChI=1S/C8H5I3N4O/c9-4-1-5(10)8(6(11)2-4)14-7(16)3-13-15-12/h1-2H,3H2,(H,14,16). The molecule has 5 nitrogen and oxygen atoms in total. The first kappa shape index (κ1) is 14.3. The Kier molecular flexibility index (Phi) is 6.07. The molecule has 0 radical (unpaired) electrons. The molecule has 0 aliphatic rings. The number of hydrogen-bond donors (Lipinski definition) is 1. The van der Waals surface area contributed by atoms with Gasteiger partial charge < -0.3 is 5.32 Å². The van der Waals surface area contributed by atoms with Gasteiger partial charge in [0.1, 0.15) is 6.54 Å². The first-order chi connectivity index (χ1) is 7.54. The summed E-state index contributed by atoms with van der Waals surface area (Å²) in [4.78, 5) is 13.9. The van der Waals surface area contributed by atoms with Gasteiger partial charge >= 0.3 is 0 Å². The van der Waals surface area contributed by atoms with E-state index in [1.54, 1.807) is 0 Å². The summed E-state index contributed by atoms with van der Waals surface area (Å²) in [5, 5.41) is 5.93. The zero-order valence-corrected chi connectivity index (χ0v) is 14.2. The predicted molar refractivity (Wildman–Crippen MR) is 87.2 cm³/mol. The van der Waals surface area contributed by atoms with Crippen LogP contribution in [0.2, 0.25) is 0 Å².